The average molecular weight is 508 g/mol. The third kappa shape index (κ3) is 6.21. The summed E-state index contributed by atoms with van der Waals surface area (Å²) in [6.07, 6.45) is 0. The van der Waals surface area contributed by atoms with Crippen molar-refractivity contribution in [3.05, 3.63) is 53.8 Å². The van der Waals surface area contributed by atoms with Crippen molar-refractivity contribution in [3.8, 4) is 11.5 Å². The molecule has 2 aromatic rings. The number of rotatable bonds is 10. The molecule has 2 aromatic carbocycles. The zero-order chi connectivity index (χ0) is 25.8. The van der Waals surface area contributed by atoms with Crippen molar-refractivity contribution in [2.24, 2.45) is 0 Å². The lowest BCUT2D eigenvalue weighted by molar-refractivity contribution is -0.139. The van der Waals surface area contributed by atoms with E-state index in [0.29, 0.717) is 11.5 Å². The highest BCUT2D eigenvalue weighted by molar-refractivity contribution is 7.92. The summed E-state index contributed by atoms with van der Waals surface area (Å²) in [5.41, 5.74) is 0.424. The van der Waals surface area contributed by atoms with Crippen molar-refractivity contribution in [3.63, 3.8) is 0 Å². The maximum atomic E-state index is 14.4. The molecule has 1 heterocycles. The third-order valence-electron chi connectivity index (χ3n) is 5.52. The van der Waals surface area contributed by atoms with E-state index in [2.05, 4.69) is 5.32 Å². The Hall–Kier alpha value is -3.34. The third-order valence-corrected chi connectivity index (χ3v) is 7.26. The zero-order valence-corrected chi connectivity index (χ0v) is 21.0. The Morgan fingerprint density at radius 2 is 1.77 bits per heavy atom. The molecule has 0 saturated carbocycles. The highest BCUT2D eigenvalue weighted by atomic mass is 32.2. The number of carbonyl (C=O) groups is 2. The lowest BCUT2D eigenvalue weighted by Crippen LogP contribution is -2.52. The van der Waals surface area contributed by atoms with Crippen LogP contribution >= 0.6 is 0 Å². The van der Waals surface area contributed by atoms with Crippen LogP contribution in [0.5, 0.6) is 11.5 Å². The van der Waals surface area contributed by atoms with E-state index in [1.807, 2.05) is 0 Å². The van der Waals surface area contributed by atoms with Gasteiger partial charge in [-0.1, -0.05) is 18.2 Å². The van der Waals surface area contributed by atoms with Crippen LogP contribution in [0, 0.1) is 5.82 Å². The van der Waals surface area contributed by atoms with Gasteiger partial charge in [0.1, 0.15) is 18.4 Å². The van der Waals surface area contributed by atoms with Crippen molar-refractivity contribution in [2.45, 2.75) is 46.3 Å². The van der Waals surface area contributed by atoms with E-state index < -0.39 is 40.2 Å². The lowest BCUT2D eigenvalue weighted by Gasteiger charge is -2.32. The van der Waals surface area contributed by atoms with Gasteiger partial charge in [-0.15, -0.1) is 0 Å². The highest BCUT2D eigenvalue weighted by Crippen LogP contribution is 2.36. The van der Waals surface area contributed by atoms with Gasteiger partial charge in [-0.05, 0) is 45.9 Å². The molecule has 35 heavy (non-hydrogen) atoms. The topological polar surface area (TPSA) is 105 Å². The van der Waals surface area contributed by atoms with Crippen LogP contribution in [0.25, 0.3) is 0 Å². The fourth-order valence-electron chi connectivity index (χ4n) is 3.56. The van der Waals surface area contributed by atoms with Crippen LogP contribution in [0.15, 0.2) is 42.5 Å². The van der Waals surface area contributed by atoms with Crippen LogP contribution in [0.1, 0.15) is 33.3 Å². The summed E-state index contributed by atoms with van der Waals surface area (Å²) in [4.78, 5) is 27.5. The van der Waals surface area contributed by atoms with Gasteiger partial charge in [0, 0.05) is 24.2 Å². The number of carbonyl (C=O) groups excluding carboxylic acids is 2. The Balaban J connectivity index is 1.95. The van der Waals surface area contributed by atoms with Gasteiger partial charge in [-0.25, -0.2) is 12.8 Å². The number of anilines is 1. The van der Waals surface area contributed by atoms with Crippen LogP contribution in [-0.2, 0) is 26.2 Å². The maximum Gasteiger partial charge on any atom is 0.244 e. The van der Waals surface area contributed by atoms with Gasteiger partial charge in [-0.2, -0.15) is 0 Å². The zero-order valence-electron chi connectivity index (χ0n) is 20.2. The first-order valence-electron chi connectivity index (χ1n) is 11.3. The first kappa shape index (κ1) is 26.3. The fourth-order valence-corrected chi connectivity index (χ4v) is 4.61. The molecule has 1 aliphatic heterocycles. The predicted molar refractivity (Wildman–Crippen MR) is 129 cm³/mol. The molecular weight excluding hydrogens is 477 g/mol. The summed E-state index contributed by atoms with van der Waals surface area (Å²) < 4.78 is 52.0. The molecule has 0 bridgehead atoms. The van der Waals surface area contributed by atoms with Gasteiger partial charge in [0.2, 0.25) is 28.6 Å². The molecule has 0 aliphatic carbocycles. The van der Waals surface area contributed by atoms with E-state index >= 15 is 0 Å². The predicted octanol–water partition coefficient (Wildman–Crippen LogP) is 2.65. The first-order chi connectivity index (χ1) is 16.5. The number of hydrogen-bond donors (Lipinski definition) is 1. The quantitative estimate of drug-likeness (QED) is 0.530. The SMILES string of the molecule is CCS(=O)(=O)N(CC(=O)N(Cc1ccccc1F)[C@H](C)C(=O)NC(C)C)c1ccc2c(c1)OCO2. The second-order valence-electron chi connectivity index (χ2n) is 8.40. The van der Waals surface area contributed by atoms with Crippen LogP contribution in [0.2, 0.25) is 0 Å². The summed E-state index contributed by atoms with van der Waals surface area (Å²) in [6.45, 7) is 5.77. The molecule has 1 N–H and O–H groups in total. The van der Waals surface area contributed by atoms with E-state index in [0.717, 1.165) is 4.31 Å². The second-order valence-corrected chi connectivity index (χ2v) is 10.6. The highest BCUT2D eigenvalue weighted by Gasteiger charge is 2.32. The number of halogens is 1. The van der Waals surface area contributed by atoms with Crippen molar-refractivity contribution < 1.29 is 31.9 Å². The van der Waals surface area contributed by atoms with Crippen molar-refractivity contribution in [1.82, 2.24) is 10.2 Å². The van der Waals surface area contributed by atoms with Gasteiger partial charge in [0.15, 0.2) is 11.5 Å². The summed E-state index contributed by atoms with van der Waals surface area (Å²) in [7, 11) is -3.89. The van der Waals surface area contributed by atoms with Gasteiger partial charge in [0.05, 0.1) is 11.4 Å². The minimum absolute atomic E-state index is 0.0111. The van der Waals surface area contributed by atoms with Crippen LogP contribution in [0.3, 0.4) is 0 Å². The van der Waals surface area contributed by atoms with Crippen molar-refractivity contribution >= 4 is 27.5 Å². The molecule has 0 saturated heterocycles. The van der Waals surface area contributed by atoms with E-state index in [9.17, 15) is 22.4 Å². The fraction of sp³-hybridized carbons (Fsp3) is 0.417. The second kappa shape index (κ2) is 10.9. The first-order valence-corrected chi connectivity index (χ1v) is 12.9. The molecule has 0 fully saturated rings. The standard InChI is InChI=1S/C24H30FN3O6S/c1-5-35(31,32)28(19-10-11-21-22(12-19)34-15-33-21)14-23(29)27(17(4)24(30)26-16(2)3)13-18-8-6-7-9-20(18)25/h6-12,16-17H,5,13-15H2,1-4H3,(H,26,30)/t17-/m1/s1. The Bertz CT molecular complexity index is 1190. The number of benzene rings is 2. The van der Waals surface area contributed by atoms with Crippen LogP contribution in [-0.4, -0.2) is 56.3 Å². The number of amides is 2. The minimum atomic E-state index is -3.89. The number of hydrogen-bond acceptors (Lipinski definition) is 6. The summed E-state index contributed by atoms with van der Waals surface area (Å²) in [5.74, 6) is -1.05. The number of ether oxygens (including phenoxy) is 2. The normalized spacial score (nSPS) is 13.4. The smallest absolute Gasteiger partial charge is 0.244 e. The molecule has 0 unspecified atom stereocenters. The van der Waals surface area contributed by atoms with Gasteiger partial charge in [0.25, 0.3) is 0 Å². The molecule has 0 spiro atoms. The Morgan fingerprint density at radius 1 is 1.09 bits per heavy atom. The van der Waals surface area contributed by atoms with Crippen molar-refractivity contribution in [1.29, 1.82) is 0 Å². The molecule has 11 heteroatoms. The monoisotopic (exact) mass is 507 g/mol. The van der Waals surface area contributed by atoms with E-state index in [1.165, 1.54) is 49.1 Å². The number of fused-ring (bicyclic) bond motifs is 1. The van der Waals surface area contributed by atoms with E-state index in [1.54, 1.807) is 26.0 Å². The van der Waals surface area contributed by atoms with E-state index in [4.69, 9.17) is 9.47 Å². The van der Waals surface area contributed by atoms with Gasteiger partial charge >= 0.3 is 0 Å². The summed E-state index contributed by atoms with van der Waals surface area (Å²) in [6, 6.07) is 9.33. The minimum Gasteiger partial charge on any atom is -0.454 e. The van der Waals surface area contributed by atoms with Crippen LogP contribution < -0.4 is 19.1 Å². The maximum absolute atomic E-state index is 14.4. The van der Waals surface area contributed by atoms with Gasteiger partial charge in [-0.3, -0.25) is 13.9 Å². The largest absolute Gasteiger partial charge is 0.454 e. The molecule has 2 amide bonds. The molecule has 9 nitrogen and oxygen atoms in total. The number of sulfonamides is 1. The number of nitrogens with zero attached hydrogens (tertiary/aromatic N) is 2. The average Bonchev–Trinajstić information content (AvgIpc) is 3.28. The van der Waals surface area contributed by atoms with Crippen molar-refractivity contribution in [2.75, 3.05) is 23.4 Å². The lowest BCUT2D eigenvalue weighted by atomic mass is 10.1. The Labute approximate surface area is 204 Å². The number of nitrogens with one attached hydrogen (secondary N) is 1. The molecule has 3 rings (SSSR count). The Kier molecular flexibility index (Phi) is 8.21. The molecule has 1 aliphatic rings. The molecule has 0 radical (unpaired) electrons. The summed E-state index contributed by atoms with van der Waals surface area (Å²) in [5, 5.41) is 2.74. The van der Waals surface area contributed by atoms with Crippen LogP contribution in [0.4, 0.5) is 10.1 Å². The molecule has 1 atom stereocenters. The van der Waals surface area contributed by atoms with E-state index in [-0.39, 0.29) is 36.4 Å². The molecule has 0 aromatic heterocycles. The molecular formula is C24H30FN3O6S. The molecule has 190 valence electrons. The van der Waals surface area contributed by atoms with Gasteiger partial charge < -0.3 is 19.7 Å². The Morgan fingerprint density at radius 3 is 2.43 bits per heavy atom. The summed E-state index contributed by atoms with van der Waals surface area (Å²) >= 11 is 0.